The first-order valence-electron chi connectivity index (χ1n) is 7.46. The number of aromatic nitrogens is 1. The molecule has 4 nitrogen and oxygen atoms in total. The molecule has 1 saturated heterocycles. The molecule has 2 aliphatic heterocycles. The summed E-state index contributed by atoms with van der Waals surface area (Å²) in [6.45, 7) is 6.44. The number of hydrogen-bond donors (Lipinski definition) is 1. The molecule has 1 aromatic rings. The molecular weight excluding hydrogens is 238 g/mol. The zero-order valence-corrected chi connectivity index (χ0v) is 11.5. The number of fused-ring (bicyclic) bond motifs is 1. The second-order valence-electron chi connectivity index (χ2n) is 5.43. The fourth-order valence-electron chi connectivity index (χ4n) is 2.87. The van der Waals surface area contributed by atoms with Crippen molar-refractivity contribution in [2.24, 2.45) is 0 Å². The largest absolute Gasteiger partial charge is 0.478 e. The lowest BCUT2D eigenvalue weighted by atomic mass is 10.1. The monoisotopic (exact) mass is 261 g/mol. The Labute approximate surface area is 115 Å². The first kappa shape index (κ1) is 12.9. The maximum absolute atomic E-state index is 5.77. The van der Waals surface area contributed by atoms with Gasteiger partial charge in [-0.1, -0.05) is 6.07 Å². The van der Waals surface area contributed by atoms with Gasteiger partial charge in [-0.25, -0.2) is 4.98 Å². The summed E-state index contributed by atoms with van der Waals surface area (Å²) in [7, 11) is 0. The van der Waals surface area contributed by atoms with Crippen molar-refractivity contribution in [1.82, 2.24) is 15.2 Å². The second-order valence-corrected chi connectivity index (χ2v) is 5.43. The van der Waals surface area contributed by atoms with Crippen molar-refractivity contribution in [3.8, 4) is 5.88 Å². The van der Waals surface area contributed by atoms with E-state index in [0.717, 1.165) is 45.0 Å². The van der Waals surface area contributed by atoms with E-state index in [1.54, 1.807) is 0 Å². The van der Waals surface area contributed by atoms with Gasteiger partial charge in [-0.3, -0.25) is 0 Å². The SMILES string of the molecule is c1cc2c(nc1OCCCN1CCCC1)CCNC2. The molecule has 0 saturated carbocycles. The van der Waals surface area contributed by atoms with Crippen molar-refractivity contribution in [2.45, 2.75) is 32.2 Å². The Balaban J connectivity index is 1.44. The quantitative estimate of drug-likeness (QED) is 0.817. The van der Waals surface area contributed by atoms with Gasteiger partial charge in [-0.15, -0.1) is 0 Å². The fourth-order valence-corrected chi connectivity index (χ4v) is 2.87. The average molecular weight is 261 g/mol. The molecule has 0 radical (unpaired) electrons. The lowest BCUT2D eigenvalue weighted by Crippen LogP contribution is -2.24. The summed E-state index contributed by atoms with van der Waals surface area (Å²) in [5.41, 5.74) is 2.52. The smallest absolute Gasteiger partial charge is 0.213 e. The van der Waals surface area contributed by atoms with Gasteiger partial charge < -0.3 is 15.0 Å². The fraction of sp³-hybridized carbons (Fsp3) is 0.667. The second kappa shape index (κ2) is 6.35. The molecule has 0 unspecified atom stereocenters. The molecule has 0 atom stereocenters. The highest BCUT2D eigenvalue weighted by molar-refractivity contribution is 5.27. The van der Waals surface area contributed by atoms with E-state index in [1.807, 2.05) is 6.07 Å². The normalized spacial score (nSPS) is 19.4. The molecule has 19 heavy (non-hydrogen) atoms. The molecule has 0 aromatic carbocycles. The summed E-state index contributed by atoms with van der Waals surface area (Å²) in [5.74, 6) is 0.794. The van der Waals surface area contributed by atoms with Gasteiger partial charge in [0.2, 0.25) is 5.88 Å². The lowest BCUT2D eigenvalue weighted by Gasteiger charge is -2.17. The summed E-state index contributed by atoms with van der Waals surface area (Å²) in [6.07, 6.45) is 4.84. The highest BCUT2D eigenvalue weighted by Crippen LogP contribution is 2.16. The van der Waals surface area contributed by atoms with Crippen LogP contribution in [0.15, 0.2) is 12.1 Å². The van der Waals surface area contributed by atoms with Gasteiger partial charge >= 0.3 is 0 Å². The molecule has 0 amide bonds. The summed E-state index contributed by atoms with van der Waals surface area (Å²) in [6, 6.07) is 4.14. The van der Waals surface area contributed by atoms with Crippen molar-refractivity contribution in [2.75, 3.05) is 32.8 Å². The van der Waals surface area contributed by atoms with Crippen molar-refractivity contribution in [3.63, 3.8) is 0 Å². The van der Waals surface area contributed by atoms with E-state index in [9.17, 15) is 0 Å². The van der Waals surface area contributed by atoms with Crippen LogP contribution >= 0.6 is 0 Å². The zero-order valence-electron chi connectivity index (χ0n) is 11.5. The first-order chi connectivity index (χ1) is 9.42. The predicted octanol–water partition coefficient (Wildman–Crippen LogP) is 1.59. The Bertz CT molecular complexity index is 416. The molecule has 0 aliphatic carbocycles. The van der Waals surface area contributed by atoms with Crippen LogP contribution < -0.4 is 10.1 Å². The minimum Gasteiger partial charge on any atom is -0.478 e. The number of rotatable bonds is 5. The minimum atomic E-state index is 0.778. The van der Waals surface area contributed by atoms with Gasteiger partial charge in [0.15, 0.2) is 0 Å². The number of pyridine rings is 1. The van der Waals surface area contributed by atoms with Crippen molar-refractivity contribution < 1.29 is 4.74 Å². The van der Waals surface area contributed by atoms with Gasteiger partial charge in [0, 0.05) is 32.1 Å². The van der Waals surface area contributed by atoms with Crippen LogP contribution in [-0.4, -0.2) is 42.7 Å². The van der Waals surface area contributed by atoms with Crippen LogP contribution in [-0.2, 0) is 13.0 Å². The lowest BCUT2D eigenvalue weighted by molar-refractivity contribution is 0.256. The number of nitrogens with one attached hydrogen (secondary N) is 1. The third-order valence-electron chi connectivity index (χ3n) is 3.96. The molecule has 1 N–H and O–H groups in total. The first-order valence-corrected chi connectivity index (χ1v) is 7.46. The molecular formula is C15H23N3O. The Morgan fingerprint density at radius 2 is 2.16 bits per heavy atom. The highest BCUT2D eigenvalue weighted by Gasteiger charge is 2.12. The van der Waals surface area contributed by atoms with Crippen LogP contribution in [0.1, 0.15) is 30.5 Å². The maximum Gasteiger partial charge on any atom is 0.213 e. The van der Waals surface area contributed by atoms with Gasteiger partial charge in [-0.2, -0.15) is 0 Å². The summed E-state index contributed by atoms with van der Waals surface area (Å²) < 4.78 is 5.77. The van der Waals surface area contributed by atoms with Crippen LogP contribution in [0, 0.1) is 0 Å². The van der Waals surface area contributed by atoms with Crippen molar-refractivity contribution >= 4 is 0 Å². The Morgan fingerprint density at radius 1 is 1.26 bits per heavy atom. The van der Waals surface area contributed by atoms with Crippen LogP contribution in [0.2, 0.25) is 0 Å². The summed E-state index contributed by atoms with van der Waals surface area (Å²) in [5, 5.41) is 3.36. The summed E-state index contributed by atoms with van der Waals surface area (Å²) >= 11 is 0. The van der Waals surface area contributed by atoms with E-state index in [-0.39, 0.29) is 0 Å². The van der Waals surface area contributed by atoms with Crippen molar-refractivity contribution in [3.05, 3.63) is 23.4 Å². The maximum atomic E-state index is 5.77. The Hall–Kier alpha value is -1.13. The topological polar surface area (TPSA) is 37.4 Å². The number of likely N-dealkylation sites (tertiary alicyclic amines) is 1. The van der Waals surface area contributed by atoms with E-state index >= 15 is 0 Å². The molecule has 1 fully saturated rings. The molecule has 104 valence electrons. The molecule has 0 bridgehead atoms. The van der Waals surface area contributed by atoms with Crippen molar-refractivity contribution in [1.29, 1.82) is 0 Å². The van der Waals surface area contributed by atoms with Gasteiger partial charge in [0.1, 0.15) is 0 Å². The van der Waals surface area contributed by atoms with E-state index in [2.05, 4.69) is 21.3 Å². The summed E-state index contributed by atoms with van der Waals surface area (Å²) in [4.78, 5) is 7.13. The van der Waals surface area contributed by atoms with E-state index in [1.165, 1.54) is 37.2 Å². The standard InChI is InChI=1S/C15H23N3O/c1-2-9-18(8-1)10-3-11-19-15-5-4-13-12-16-7-6-14(13)17-15/h4-5,16H,1-3,6-12H2. The van der Waals surface area contributed by atoms with Gasteiger partial charge in [-0.05, 0) is 37.9 Å². The van der Waals surface area contributed by atoms with E-state index in [4.69, 9.17) is 4.74 Å². The zero-order chi connectivity index (χ0) is 12.9. The number of hydrogen-bond acceptors (Lipinski definition) is 4. The van der Waals surface area contributed by atoms with E-state index in [0.29, 0.717) is 0 Å². The Kier molecular flexibility index (Phi) is 4.30. The minimum absolute atomic E-state index is 0.778. The Morgan fingerprint density at radius 3 is 3.05 bits per heavy atom. The molecule has 1 aromatic heterocycles. The van der Waals surface area contributed by atoms with Crippen LogP contribution in [0.3, 0.4) is 0 Å². The van der Waals surface area contributed by atoms with Gasteiger partial charge in [0.05, 0.1) is 12.3 Å². The molecule has 2 aliphatic rings. The number of nitrogens with zero attached hydrogens (tertiary/aromatic N) is 2. The molecule has 4 heteroatoms. The van der Waals surface area contributed by atoms with Crippen LogP contribution in [0.5, 0.6) is 5.88 Å². The van der Waals surface area contributed by atoms with Crippen LogP contribution in [0.4, 0.5) is 0 Å². The molecule has 3 rings (SSSR count). The highest BCUT2D eigenvalue weighted by atomic mass is 16.5. The third-order valence-corrected chi connectivity index (χ3v) is 3.96. The van der Waals surface area contributed by atoms with Gasteiger partial charge in [0.25, 0.3) is 0 Å². The molecule has 0 spiro atoms. The molecule has 3 heterocycles. The van der Waals surface area contributed by atoms with Crippen LogP contribution in [0.25, 0.3) is 0 Å². The third kappa shape index (κ3) is 3.45. The number of ether oxygens (including phenoxy) is 1. The van der Waals surface area contributed by atoms with E-state index < -0.39 is 0 Å². The predicted molar refractivity (Wildman–Crippen MR) is 75.4 cm³/mol. The average Bonchev–Trinajstić information content (AvgIpc) is 2.97.